The number of rotatable bonds is 5. The fourth-order valence-corrected chi connectivity index (χ4v) is 3.45. The molecule has 22 heavy (non-hydrogen) atoms. The lowest BCUT2D eigenvalue weighted by Crippen LogP contribution is -2.13. The first kappa shape index (κ1) is 17.1. The number of sulfonamides is 1. The molecule has 1 N–H and O–H groups in total. The van der Waals surface area contributed by atoms with E-state index in [9.17, 15) is 8.42 Å². The Kier molecular flexibility index (Phi) is 5.37. The first-order valence-corrected chi connectivity index (χ1v) is 9.15. The van der Waals surface area contributed by atoms with E-state index in [4.69, 9.17) is 23.2 Å². The molecule has 0 fully saturated rings. The van der Waals surface area contributed by atoms with Crippen LogP contribution in [0.15, 0.2) is 47.4 Å². The van der Waals surface area contributed by atoms with Gasteiger partial charge in [0.05, 0.1) is 15.6 Å². The summed E-state index contributed by atoms with van der Waals surface area (Å²) in [5.74, 6) is 0.395. The Morgan fingerprint density at radius 2 is 1.73 bits per heavy atom. The van der Waals surface area contributed by atoms with Crippen LogP contribution in [-0.2, 0) is 10.0 Å². The van der Waals surface area contributed by atoms with Crippen LogP contribution in [-0.4, -0.2) is 8.42 Å². The maximum atomic E-state index is 12.4. The van der Waals surface area contributed by atoms with E-state index in [-0.39, 0.29) is 10.6 Å². The van der Waals surface area contributed by atoms with Gasteiger partial charge in [0, 0.05) is 5.02 Å². The molecule has 2 aromatic rings. The molecule has 118 valence electrons. The lowest BCUT2D eigenvalue weighted by Gasteiger charge is -2.12. The van der Waals surface area contributed by atoms with Crippen molar-refractivity contribution in [1.82, 2.24) is 0 Å². The molecule has 0 aliphatic rings. The molecule has 0 heterocycles. The van der Waals surface area contributed by atoms with E-state index in [2.05, 4.69) is 18.6 Å². The standard InChI is InChI=1S/C16H17Cl2NO2S/c1-3-11(2)12-4-7-14(8-5-12)22(20,21)19-16-10-13(17)6-9-15(16)18/h4-11,19H,3H2,1-2H3. The molecule has 0 saturated carbocycles. The predicted molar refractivity (Wildman–Crippen MR) is 92.4 cm³/mol. The molecule has 2 rings (SSSR count). The van der Waals surface area contributed by atoms with Crippen molar-refractivity contribution in [2.45, 2.75) is 31.1 Å². The van der Waals surface area contributed by atoms with Crippen LogP contribution in [0, 0.1) is 0 Å². The first-order chi connectivity index (χ1) is 10.3. The molecule has 0 amide bonds. The van der Waals surface area contributed by atoms with Gasteiger partial charge in [-0.05, 0) is 48.2 Å². The summed E-state index contributed by atoms with van der Waals surface area (Å²) < 4.78 is 27.3. The van der Waals surface area contributed by atoms with Crippen molar-refractivity contribution in [2.24, 2.45) is 0 Å². The van der Waals surface area contributed by atoms with Gasteiger partial charge in [-0.25, -0.2) is 8.42 Å². The van der Waals surface area contributed by atoms with E-state index in [1.54, 1.807) is 24.3 Å². The van der Waals surface area contributed by atoms with Crippen molar-refractivity contribution in [3.63, 3.8) is 0 Å². The van der Waals surface area contributed by atoms with Crippen molar-refractivity contribution >= 4 is 38.9 Å². The molecular formula is C16H17Cl2NO2S. The van der Waals surface area contributed by atoms with Crippen molar-refractivity contribution in [3.05, 3.63) is 58.1 Å². The second-order valence-corrected chi connectivity index (χ2v) is 7.63. The van der Waals surface area contributed by atoms with Crippen molar-refractivity contribution in [1.29, 1.82) is 0 Å². The summed E-state index contributed by atoms with van der Waals surface area (Å²) in [4.78, 5) is 0.190. The molecule has 0 radical (unpaired) electrons. The van der Waals surface area contributed by atoms with Gasteiger partial charge in [-0.15, -0.1) is 0 Å². The monoisotopic (exact) mass is 357 g/mol. The van der Waals surface area contributed by atoms with E-state index < -0.39 is 10.0 Å². The summed E-state index contributed by atoms with van der Waals surface area (Å²) in [6, 6.07) is 11.5. The Morgan fingerprint density at radius 1 is 1.09 bits per heavy atom. The number of halogens is 2. The molecule has 0 spiro atoms. The number of anilines is 1. The molecule has 1 unspecified atom stereocenters. The largest absolute Gasteiger partial charge is 0.278 e. The van der Waals surface area contributed by atoms with Gasteiger partial charge in [-0.3, -0.25) is 4.72 Å². The number of hydrogen-bond donors (Lipinski definition) is 1. The second kappa shape index (κ2) is 6.90. The summed E-state index contributed by atoms with van der Waals surface area (Å²) in [5.41, 5.74) is 1.38. The van der Waals surface area contributed by atoms with Crippen LogP contribution in [0.3, 0.4) is 0 Å². The highest BCUT2D eigenvalue weighted by Crippen LogP contribution is 2.28. The fourth-order valence-electron chi connectivity index (χ4n) is 1.99. The molecule has 0 aromatic heterocycles. The smallest absolute Gasteiger partial charge is 0.261 e. The maximum absolute atomic E-state index is 12.4. The Hall–Kier alpha value is -1.23. The summed E-state index contributed by atoms with van der Waals surface area (Å²) in [5, 5.41) is 0.707. The highest BCUT2D eigenvalue weighted by atomic mass is 35.5. The Morgan fingerprint density at radius 3 is 2.32 bits per heavy atom. The van der Waals surface area contributed by atoms with E-state index in [1.807, 2.05) is 12.1 Å². The quantitative estimate of drug-likeness (QED) is 0.788. The third-order valence-electron chi connectivity index (χ3n) is 3.54. The van der Waals surface area contributed by atoms with Gasteiger partial charge < -0.3 is 0 Å². The van der Waals surface area contributed by atoms with Gasteiger partial charge in [-0.1, -0.05) is 49.2 Å². The van der Waals surface area contributed by atoms with Crippen LogP contribution >= 0.6 is 23.2 Å². The molecule has 6 heteroatoms. The van der Waals surface area contributed by atoms with Crippen molar-refractivity contribution in [2.75, 3.05) is 4.72 Å². The molecule has 0 bridgehead atoms. The summed E-state index contributed by atoms with van der Waals surface area (Å²) in [6.45, 7) is 4.20. The van der Waals surface area contributed by atoms with E-state index >= 15 is 0 Å². The molecule has 0 aliphatic carbocycles. The number of nitrogens with one attached hydrogen (secondary N) is 1. The van der Waals surface area contributed by atoms with Gasteiger partial charge in [0.1, 0.15) is 0 Å². The minimum absolute atomic E-state index is 0.190. The second-order valence-electron chi connectivity index (χ2n) is 5.11. The molecular weight excluding hydrogens is 341 g/mol. The van der Waals surface area contributed by atoms with E-state index in [0.29, 0.717) is 16.0 Å². The lowest BCUT2D eigenvalue weighted by atomic mass is 9.99. The van der Waals surface area contributed by atoms with Crippen LogP contribution in [0.25, 0.3) is 0 Å². The van der Waals surface area contributed by atoms with Crippen LogP contribution in [0.5, 0.6) is 0 Å². The number of hydrogen-bond acceptors (Lipinski definition) is 2. The molecule has 2 aromatic carbocycles. The summed E-state index contributed by atoms with van der Waals surface area (Å²) in [7, 11) is -3.69. The molecule has 0 aliphatic heterocycles. The average Bonchev–Trinajstić information content (AvgIpc) is 2.50. The van der Waals surface area contributed by atoms with Gasteiger partial charge in [0.2, 0.25) is 0 Å². The minimum Gasteiger partial charge on any atom is -0.278 e. The third kappa shape index (κ3) is 3.94. The highest BCUT2D eigenvalue weighted by Gasteiger charge is 2.16. The lowest BCUT2D eigenvalue weighted by molar-refractivity contribution is 0.601. The molecule has 0 saturated heterocycles. The predicted octanol–water partition coefficient (Wildman–Crippen LogP) is 5.31. The van der Waals surface area contributed by atoms with Crippen LogP contribution in [0.2, 0.25) is 10.0 Å². The third-order valence-corrected chi connectivity index (χ3v) is 5.49. The average molecular weight is 358 g/mol. The van der Waals surface area contributed by atoms with E-state index in [1.165, 1.54) is 6.07 Å². The Bertz CT molecular complexity index is 758. The fraction of sp³-hybridized carbons (Fsp3) is 0.250. The zero-order chi connectivity index (χ0) is 16.3. The molecule has 3 nitrogen and oxygen atoms in total. The zero-order valence-corrected chi connectivity index (χ0v) is 14.6. The molecule has 1 atom stereocenters. The summed E-state index contributed by atoms with van der Waals surface area (Å²) >= 11 is 11.9. The van der Waals surface area contributed by atoms with Crippen LogP contribution in [0.4, 0.5) is 5.69 Å². The van der Waals surface area contributed by atoms with Crippen LogP contribution in [0.1, 0.15) is 31.7 Å². The highest BCUT2D eigenvalue weighted by molar-refractivity contribution is 7.92. The zero-order valence-electron chi connectivity index (χ0n) is 12.3. The van der Waals surface area contributed by atoms with Gasteiger partial charge in [0.25, 0.3) is 10.0 Å². The van der Waals surface area contributed by atoms with Gasteiger partial charge in [-0.2, -0.15) is 0 Å². The normalized spacial score (nSPS) is 12.9. The van der Waals surface area contributed by atoms with E-state index in [0.717, 1.165) is 12.0 Å². The van der Waals surface area contributed by atoms with Crippen molar-refractivity contribution < 1.29 is 8.42 Å². The Labute approximate surface area is 141 Å². The summed E-state index contributed by atoms with van der Waals surface area (Å²) in [6.07, 6.45) is 1.00. The SMILES string of the molecule is CCC(C)c1ccc(S(=O)(=O)Nc2cc(Cl)ccc2Cl)cc1. The Balaban J connectivity index is 2.28. The first-order valence-electron chi connectivity index (χ1n) is 6.91. The van der Waals surface area contributed by atoms with Crippen LogP contribution < -0.4 is 4.72 Å². The topological polar surface area (TPSA) is 46.2 Å². The van der Waals surface area contributed by atoms with Crippen molar-refractivity contribution in [3.8, 4) is 0 Å². The van der Waals surface area contributed by atoms with Gasteiger partial charge >= 0.3 is 0 Å². The minimum atomic E-state index is -3.69. The van der Waals surface area contributed by atoms with Gasteiger partial charge in [0.15, 0.2) is 0 Å². The number of benzene rings is 2. The maximum Gasteiger partial charge on any atom is 0.261 e.